The maximum Gasteiger partial charge on any atom is 0.348 e. The molecule has 0 bridgehead atoms. The minimum Gasteiger partial charge on any atom is -0.462 e. The molecule has 9 heteroatoms. The summed E-state index contributed by atoms with van der Waals surface area (Å²) in [7, 11) is 0. The van der Waals surface area contributed by atoms with Crippen molar-refractivity contribution in [2.45, 2.75) is 26.2 Å². The highest BCUT2D eigenvalue weighted by Crippen LogP contribution is 2.38. The molecule has 1 aliphatic rings. The third-order valence-electron chi connectivity index (χ3n) is 4.59. The molecule has 3 heterocycles. The second kappa shape index (κ2) is 9.11. The zero-order chi connectivity index (χ0) is 21.1. The van der Waals surface area contributed by atoms with Gasteiger partial charge in [-0.3, -0.25) is 4.79 Å². The lowest BCUT2D eigenvalue weighted by Gasteiger charge is -2.08. The summed E-state index contributed by atoms with van der Waals surface area (Å²) in [6.45, 7) is 1.54. The highest BCUT2D eigenvalue weighted by molar-refractivity contribution is 7.17. The molecule has 1 amide bonds. The molecule has 0 radical (unpaired) electrons. The standard InChI is InChI=1S/C21H19NO5S3/c1-2-26-21(25)18-13(15-7-4-8-28-15)11-29-19(18)22-17(23)10-27-20(24)16-9-12-5-3-6-14(12)30-16/h4,7-9,11H,2-3,5-6,10H2,1H3,(H,22,23). The number of fused-ring (bicyclic) bond motifs is 1. The van der Waals surface area contributed by atoms with Crippen molar-refractivity contribution in [2.24, 2.45) is 0 Å². The molecular weight excluding hydrogens is 442 g/mol. The largest absolute Gasteiger partial charge is 0.462 e. The van der Waals surface area contributed by atoms with E-state index in [1.54, 1.807) is 6.92 Å². The van der Waals surface area contributed by atoms with Crippen LogP contribution in [0.1, 0.15) is 43.8 Å². The predicted molar refractivity (Wildman–Crippen MR) is 119 cm³/mol. The van der Waals surface area contributed by atoms with Crippen LogP contribution in [0, 0.1) is 0 Å². The minimum atomic E-state index is -0.502. The Morgan fingerprint density at radius 2 is 2.00 bits per heavy atom. The maximum absolute atomic E-state index is 12.5. The van der Waals surface area contributed by atoms with Crippen LogP contribution < -0.4 is 5.32 Å². The molecule has 3 aromatic rings. The summed E-state index contributed by atoms with van der Waals surface area (Å²) in [5.41, 5.74) is 2.24. The van der Waals surface area contributed by atoms with Gasteiger partial charge in [0.15, 0.2) is 6.61 Å². The third-order valence-corrected chi connectivity index (χ3v) is 7.61. The van der Waals surface area contributed by atoms with Crippen LogP contribution in [0.3, 0.4) is 0 Å². The molecular formula is C21H19NO5S3. The fraction of sp³-hybridized carbons (Fsp3) is 0.286. The fourth-order valence-corrected chi connectivity index (χ4v) is 6.20. The lowest BCUT2D eigenvalue weighted by molar-refractivity contribution is -0.119. The molecule has 0 aliphatic heterocycles. The minimum absolute atomic E-state index is 0.231. The molecule has 0 saturated heterocycles. The first-order chi connectivity index (χ1) is 14.6. The number of thiophene rings is 3. The van der Waals surface area contributed by atoms with Gasteiger partial charge in [-0.25, -0.2) is 9.59 Å². The molecule has 1 N–H and O–H groups in total. The van der Waals surface area contributed by atoms with Crippen molar-refractivity contribution in [1.29, 1.82) is 0 Å². The lowest BCUT2D eigenvalue weighted by atomic mass is 10.1. The van der Waals surface area contributed by atoms with Crippen LogP contribution in [0.25, 0.3) is 10.4 Å². The number of aryl methyl sites for hydroxylation is 2. The number of esters is 2. The van der Waals surface area contributed by atoms with Crippen LogP contribution in [0.5, 0.6) is 0 Å². The van der Waals surface area contributed by atoms with Gasteiger partial charge in [-0.1, -0.05) is 6.07 Å². The molecule has 0 fully saturated rings. The van der Waals surface area contributed by atoms with Gasteiger partial charge in [-0.2, -0.15) is 0 Å². The topological polar surface area (TPSA) is 81.7 Å². The molecule has 0 unspecified atom stereocenters. The van der Waals surface area contributed by atoms with E-state index in [1.807, 2.05) is 29.0 Å². The molecule has 4 rings (SSSR count). The Kier molecular flexibility index (Phi) is 6.31. The second-order valence-electron chi connectivity index (χ2n) is 6.59. The Hall–Kier alpha value is -2.49. The van der Waals surface area contributed by atoms with Crippen molar-refractivity contribution in [3.63, 3.8) is 0 Å². The molecule has 0 aromatic carbocycles. The van der Waals surface area contributed by atoms with Crippen molar-refractivity contribution >= 4 is 56.9 Å². The Labute approximate surface area is 185 Å². The zero-order valence-electron chi connectivity index (χ0n) is 16.2. The number of nitrogens with one attached hydrogen (secondary N) is 1. The lowest BCUT2D eigenvalue weighted by Crippen LogP contribution is -2.21. The van der Waals surface area contributed by atoms with Gasteiger partial charge in [-0.15, -0.1) is 34.0 Å². The highest BCUT2D eigenvalue weighted by Gasteiger charge is 2.24. The first-order valence-corrected chi connectivity index (χ1v) is 12.1. The molecule has 3 aromatic heterocycles. The van der Waals surface area contributed by atoms with E-state index in [-0.39, 0.29) is 6.61 Å². The summed E-state index contributed by atoms with van der Waals surface area (Å²) < 4.78 is 10.3. The van der Waals surface area contributed by atoms with E-state index >= 15 is 0 Å². The Bertz CT molecular complexity index is 1060. The zero-order valence-corrected chi connectivity index (χ0v) is 18.6. The number of carbonyl (C=O) groups is 3. The molecule has 0 spiro atoms. The number of hydrogen-bond donors (Lipinski definition) is 1. The molecule has 0 saturated carbocycles. The third kappa shape index (κ3) is 4.33. The fourth-order valence-electron chi connectivity index (χ4n) is 3.26. The van der Waals surface area contributed by atoms with Crippen LogP contribution in [0.4, 0.5) is 5.00 Å². The van der Waals surface area contributed by atoms with E-state index in [2.05, 4.69) is 5.32 Å². The van der Waals surface area contributed by atoms with Crippen LogP contribution in [-0.2, 0) is 27.1 Å². The number of rotatable bonds is 7. The summed E-state index contributed by atoms with van der Waals surface area (Å²) in [6.07, 6.45) is 3.10. The smallest absolute Gasteiger partial charge is 0.348 e. The highest BCUT2D eigenvalue weighted by atomic mass is 32.1. The summed E-state index contributed by atoms with van der Waals surface area (Å²) in [4.78, 5) is 39.8. The van der Waals surface area contributed by atoms with Crippen LogP contribution >= 0.6 is 34.0 Å². The Morgan fingerprint density at radius 3 is 2.73 bits per heavy atom. The monoisotopic (exact) mass is 461 g/mol. The van der Waals surface area contributed by atoms with Gasteiger partial charge in [-0.05, 0) is 49.3 Å². The van der Waals surface area contributed by atoms with Gasteiger partial charge in [0.2, 0.25) is 0 Å². The first kappa shape index (κ1) is 20.8. The van der Waals surface area contributed by atoms with Gasteiger partial charge < -0.3 is 14.8 Å². The average molecular weight is 462 g/mol. The van der Waals surface area contributed by atoms with Gasteiger partial charge in [0, 0.05) is 20.7 Å². The van der Waals surface area contributed by atoms with Crippen molar-refractivity contribution in [2.75, 3.05) is 18.5 Å². The molecule has 156 valence electrons. The predicted octanol–water partition coefficient (Wildman–Crippen LogP) is 5.00. The average Bonchev–Trinajstić information content (AvgIpc) is 3.49. The van der Waals surface area contributed by atoms with Gasteiger partial charge in [0.05, 0.1) is 6.61 Å². The van der Waals surface area contributed by atoms with Crippen LogP contribution in [0.2, 0.25) is 0 Å². The van der Waals surface area contributed by atoms with Gasteiger partial charge in [0.1, 0.15) is 15.4 Å². The molecule has 30 heavy (non-hydrogen) atoms. The number of anilines is 1. The molecule has 6 nitrogen and oxygen atoms in total. The second-order valence-corrected chi connectivity index (χ2v) is 9.55. The van der Waals surface area contributed by atoms with Crippen LogP contribution in [0.15, 0.2) is 29.0 Å². The van der Waals surface area contributed by atoms with Gasteiger partial charge in [0.25, 0.3) is 5.91 Å². The maximum atomic E-state index is 12.5. The van der Waals surface area contributed by atoms with Gasteiger partial charge >= 0.3 is 11.9 Å². The summed E-state index contributed by atoms with van der Waals surface area (Å²) in [5, 5.41) is 6.80. The molecule has 1 aliphatic carbocycles. The van der Waals surface area contributed by atoms with Crippen molar-refractivity contribution in [1.82, 2.24) is 0 Å². The van der Waals surface area contributed by atoms with Crippen LogP contribution in [-0.4, -0.2) is 31.1 Å². The number of carbonyl (C=O) groups excluding carboxylic acids is 3. The summed E-state index contributed by atoms with van der Waals surface area (Å²) >= 11 is 4.17. The molecule has 0 atom stereocenters. The van der Waals surface area contributed by atoms with Crippen molar-refractivity contribution in [3.8, 4) is 10.4 Å². The summed E-state index contributed by atoms with van der Waals surface area (Å²) in [5.74, 6) is -1.50. The van der Waals surface area contributed by atoms with E-state index in [9.17, 15) is 14.4 Å². The van der Waals surface area contributed by atoms with Crippen molar-refractivity contribution in [3.05, 3.63) is 49.8 Å². The normalized spacial score (nSPS) is 12.4. The van der Waals surface area contributed by atoms with Crippen molar-refractivity contribution < 1.29 is 23.9 Å². The quantitative estimate of drug-likeness (QED) is 0.501. The Balaban J connectivity index is 1.43. The number of ether oxygens (including phenoxy) is 2. The van der Waals surface area contributed by atoms with E-state index in [4.69, 9.17) is 9.47 Å². The van der Waals surface area contributed by atoms with E-state index < -0.39 is 24.5 Å². The van der Waals surface area contributed by atoms with E-state index in [0.29, 0.717) is 21.0 Å². The number of hydrogen-bond acceptors (Lipinski definition) is 8. The van der Waals surface area contributed by atoms with E-state index in [1.165, 1.54) is 44.5 Å². The SMILES string of the molecule is CCOC(=O)c1c(-c2cccs2)csc1NC(=O)COC(=O)c1cc2c(s1)CCC2. The first-order valence-electron chi connectivity index (χ1n) is 9.48. The summed E-state index contributed by atoms with van der Waals surface area (Å²) in [6, 6.07) is 5.66. The number of amides is 1. The van der Waals surface area contributed by atoms with E-state index in [0.717, 1.165) is 24.1 Å². The Morgan fingerprint density at radius 1 is 1.13 bits per heavy atom.